The third-order valence-corrected chi connectivity index (χ3v) is 6.05. The first-order chi connectivity index (χ1) is 15.6. The van der Waals surface area contributed by atoms with E-state index in [0.717, 1.165) is 40.6 Å². The molecule has 4 aromatic rings. The number of hydrogen-bond acceptors (Lipinski definition) is 4. The molecule has 4 rings (SSSR count). The Morgan fingerprint density at radius 2 is 1.78 bits per heavy atom. The van der Waals surface area contributed by atoms with Gasteiger partial charge in [0, 0.05) is 32.9 Å². The van der Waals surface area contributed by atoms with Crippen LogP contribution in [0.1, 0.15) is 35.7 Å². The van der Waals surface area contributed by atoms with Crippen molar-refractivity contribution in [3.8, 4) is 11.3 Å². The minimum atomic E-state index is -0.110. The number of thiazole rings is 1. The SMILES string of the molecule is CCCCc1ccc(C(=O)Nc2ccc(-c3csc(Nc4cccc(Cl)c4)n3)cc2)cc1. The second kappa shape index (κ2) is 10.4. The van der Waals surface area contributed by atoms with Crippen molar-refractivity contribution in [2.24, 2.45) is 0 Å². The maximum Gasteiger partial charge on any atom is 0.255 e. The normalized spacial score (nSPS) is 10.7. The van der Waals surface area contributed by atoms with E-state index in [4.69, 9.17) is 11.6 Å². The lowest BCUT2D eigenvalue weighted by atomic mass is 10.1. The van der Waals surface area contributed by atoms with Crippen molar-refractivity contribution in [1.29, 1.82) is 0 Å². The van der Waals surface area contributed by atoms with E-state index < -0.39 is 0 Å². The fourth-order valence-corrected chi connectivity index (χ4v) is 4.21. The van der Waals surface area contributed by atoms with Gasteiger partial charge >= 0.3 is 0 Å². The molecule has 1 aromatic heterocycles. The molecule has 0 fully saturated rings. The number of aromatic nitrogens is 1. The molecular formula is C26H24ClN3OS. The molecule has 0 unspecified atom stereocenters. The minimum Gasteiger partial charge on any atom is -0.331 e. The second-order valence-electron chi connectivity index (χ2n) is 7.51. The van der Waals surface area contributed by atoms with E-state index in [1.54, 1.807) is 0 Å². The van der Waals surface area contributed by atoms with Crippen LogP contribution in [0.25, 0.3) is 11.3 Å². The largest absolute Gasteiger partial charge is 0.331 e. The van der Waals surface area contributed by atoms with Gasteiger partial charge in [0.2, 0.25) is 0 Å². The summed E-state index contributed by atoms with van der Waals surface area (Å²) in [4.78, 5) is 17.2. The number of anilines is 3. The molecule has 0 aliphatic heterocycles. The van der Waals surface area contributed by atoms with E-state index >= 15 is 0 Å². The van der Waals surface area contributed by atoms with Gasteiger partial charge in [0.15, 0.2) is 5.13 Å². The van der Waals surface area contributed by atoms with Crippen LogP contribution in [0.5, 0.6) is 0 Å². The van der Waals surface area contributed by atoms with E-state index in [1.165, 1.54) is 23.3 Å². The number of amides is 1. The van der Waals surface area contributed by atoms with Gasteiger partial charge in [-0.25, -0.2) is 4.98 Å². The number of halogens is 1. The summed E-state index contributed by atoms with van der Waals surface area (Å²) >= 11 is 7.57. The number of nitrogens with one attached hydrogen (secondary N) is 2. The maximum absolute atomic E-state index is 12.6. The molecule has 32 heavy (non-hydrogen) atoms. The Bertz CT molecular complexity index is 1190. The lowest BCUT2D eigenvalue weighted by molar-refractivity contribution is 0.102. The predicted octanol–water partition coefficient (Wildman–Crippen LogP) is 7.80. The van der Waals surface area contributed by atoms with Crippen LogP contribution in [0.3, 0.4) is 0 Å². The number of nitrogens with zero attached hydrogens (tertiary/aromatic N) is 1. The molecule has 0 bridgehead atoms. The van der Waals surface area contributed by atoms with Gasteiger partial charge in [-0.3, -0.25) is 4.79 Å². The first-order valence-corrected chi connectivity index (χ1v) is 11.9. The molecule has 3 aromatic carbocycles. The molecule has 0 aliphatic rings. The number of hydrogen-bond donors (Lipinski definition) is 2. The number of benzene rings is 3. The molecule has 4 nitrogen and oxygen atoms in total. The number of carbonyl (C=O) groups excluding carboxylic acids is 1. The summed E-state index contributed by atoms with van der Waals surface area (Å²) in [5.74, 6) is -0.110. The summed E-state index contributed by atoms with van der Waals surface area (Å²) in [7, 11) is 0. The fraction of sp³-hybridized carbons (Fsp3) is 0.154. The van der Waals surface area contributed by atoms with Crippen molar-refractivity contribution in [2.75, 3.05) is 10.6 Å². The van der Waals surface area contributed by atoms with Gasteiger partial charge < -0.3 is 10.6 Å². The number of carbonyl (C=O) groups is 1. The first kappa shape index (κ1) is 22.1. The van der Waals surface area contributed by atoms with Crippen LogP contribution in [0, 0.1) is 0 Å². The topological polar surface area (TPSA) is 54.0 Å². The van der Waals surface area contributed by atoms with Gasteiger partial charge in [-0.05, 0) is 60.9 Å². The molecule has 0 spiro atoms. The Kier molecular flexibility index (Phi) is 7.20. The van der Waals surface area contributed by atoms with Gasteiger partial charge in [0.1, 0.15) is 0 Å². The highest BCUT2D eigenvalue weighted by atomic mass is 35.5. The highest BCUT2D eigenvalue weighted by Crippen LogP contribution is 2.28. The highest BCUT2D eigenvalue weighted by Gasteiger charge is 2.08. The third-order valence-electron chi connectivity index (χ3n) is 5.05. The molecule has 0 saturated carbocycles. The monoisotopic (exact) mass is 461 g/mol. The summed E-state index contributed by atoms with van der Waals surface area (Å²) in [6.45, 7) is 2.18. The van der Waals surface area contributed by atoms with Gasteiger partial charge in [-0.15, -0.1) is 11.3 Å². The molecule has 1 heterocycles. The van der Waals surface area contributed by atoms with E-state index in [-0.39, 0.29) is 5.91 Å². The van der Waals surface area contributed by atoms with Crippen molar-refractivity contribution in [3.05, 3.63) is 94.3 Å². The van der Waals surface area contributed by atoms with E-state index in [9.17, 15) is 4.79 Å². The van der Waals surface area contributed by atoms with E-state index in [2.05, 4.69) is 22.5 Å². The lowest BCUT2D eigenvalue weighted by Gasteiger charge is -2.07. The molecule has 0 atom stereocenters. The van der Waals surface area contributed by atoms with Crippen LogP contribution >= 0.6 is 22.9 Å². The summed E-state index contributed by atoms with van der Waals surface area (Å²) in [6.07, 6.45) is 3.38. The van der Waals surface area contributed by atoms with Crippen LogP contribution in [-0.4, -0.2) is 10.9 Å². The van der Waals surface area contributed by atoms with E-state index in [0.29, 0.717) is 10.6 Å². The Morgan fingerprint density at radius 1 is 1.00 bits per heavy atom. The molecule has 0 aliphatic carbocycles. The van der Waals surface area contributed by atoms with Crippen LogP contribution in [0.15, 0.2) is 78.2 Å². The molecule has 2 N–H and O–H groups in total. The molecular weight excluding hydrogens is 438 g/mol. The Hall–Kier alpha value is -3.15. The molecule has 162 valence electrons. The maximum atomic E-state index is 12.6. The van der Waals surface area contributed by atoms with Crippen molar-refractivity contribution in [1.82, 2.24) is 4.98 Å². The van der Waals surface area contributed by atoms with Crippen molar-refractivity contribution >= 4 is 45.4 Å². The smallest absolute Gasteiger partial charge is 0.255 e. The van der Waals surface area contributed by atoms with Crippen molar-refractivity contribution in [2.45, 2.75) is 26.2 Å². The summed E-state index contributed by atoms with van der Waals surface area (Å²) in [5, 5.41) is 9.70. The van der Waals surface area contributed by atoms with Gasteiger partial charge in [0.25, 0.3) is 5.91 Å². The quantitative estimate of drug-likeness (QED) is 0.281. The lowest BCUT2D eigenvalue weighted by Crippen LogP contribution is -2.11. The average molecular weight is 462 g/mol. The molecule has 6 heteroatoms. The minimum absolute atomic E-state index is 0.110. The Balaban J connectivity index is 1.38. The standard InChI is InChI=1S/C26H24ClN3OS/c1-2-3-5-18-8-10-20(11-9-18)25(31)28-22-14-12-19(13-15-22)24-17-32-26(30-24)29-23-7-4-6-21(27)16-23/h4,6-17H,2-3,5H2,1H3,(H,28,31)(H,29,30). The van der Waals surface area contributed by atoms with Gasteiger partial charge in [-0.1, -0.05) is 55.3 Å². The van der Waals surface area contributed by atoms with Crippen LogP contribution in [0.4, 0.5) is 16.5 Å². The Morgan fingerprint density at radius 3 is 2.50 bits per heavy atom. The average Bonchev–Trinajstić information content (AvgIpc) is 3.27. The third kappa shape index (κ3) is 5.75. The Labute approximate surface area is 197 Å². The predicted molar refractivity (Wildman–Crippen MR) is 135 cm³/mol. The van der Waals surface area contributed by atoms with Crippen molar-refractivity contribution < 1.29 is 4.79 Å². The van der Waals surface area contributed by atoms with E-state index in [1.807, 2.05) is 78.2 Å². The zero-order valence-corrected chi connectivity index (χ0v) is 19.3. The zero-order valence-electron chi connectivity index (χ0n) is 17.8. The van der Waals surface area contributed by atoms with Gasteiger partial charge in [0.05, 0.1) is 5.69 Å². The number of unbranched alkanes of at least 4 members (excludes halogenated alkanes) is 1. The summed E-state index contributed by atoms with van der Waals surface area (Å²) in [5.41, 5.74) is 5.43. The number of rotatable bonds is 8. The van der Waals surface area contributed by atoms with Crippen molar-refractivity contribution in [3.63, 3.8) is 0 Å². The highest BCUT2D eigenvalue weighted by molar-refractivity contribution is 7.14. The first-order valence-electron chi connectivity index (χ1n) is 10.6. The number of aryl methyl sites for hydroxylation is 1. The fourth-order valence-electron chi connectivity index (χ4n) is 3.28. The van der Waals surface area contributed by atoms with Crippen LogP contribution in [-0.2, 0) is 6.42 Å². The van der Waals surface area contributed by atoms with Gasteiger partial charge in [-0.2, -0.15) is 0 Å². The second-order valence-corrected chi connectivity index (χ2v) is 8.80. The summed E-state index contributed by atoms with van der Waals surface area (Å²) < 4.78 is 0. The molecule has 1 amide bonds. The molecule has 0 radical (unpaired) electrons. The van der Waals surface area contributed by atoms with Crippen LogP contribution in [0.2, 0.25) is 5.02 Å². The van der Waals surface area contributed by atoms with Crippen LogP contribution < -0.4 is 10.6 Å². The summed E-state index contributed by atoms with van der Waals surface area (Å²) in [6, 6.07) is 23.1. The molecule has 0 saturated heterocycles. The zero-order chi connectivity index (χ0) is 22.3.